The minimum Gasteiger partial charge on any atom is -0.450 e. The van der Waals surface area contributed by atoms with E-state index in [0.717, 1.165) is 29.8 Å². The van der Waals surface area contributed by atoms with Gasteiger partial charge in [0.15, 0.2) is 5.82 Å². The zero-order valence-corrected chi connectivity index (χ0v) is 16.4. The first-order chi connectivity index (χ1) is 12.7. The highest BCUT2D eigenvalue weighted by molar-refractivity contribution is 7.17. The van der Waals surface area contributed by atoms with Gasteiger partial charge in [-0.15, -0.1) is 11.3 Å². The molecule has 2 aromatic rings. The van der Waals surface area contributed by atoms with E-state index in [0.29, 0.717) is 11.7 Å². The Bertz CT molecular complexity index is 866. The largest absolute Gasteiger partial charge is 0.503 e. The number of carboxylic acid groups (broad SMARTS) is 2. The third-order valence-corrected chi connectivity index (χ3v) is 6.19. The van der Waals surface area contributed by atoms with Gasteiger partial charge < -0.3 is 20.1 Å². The Labute approximate surface area is 160 Å². The summed E-state index contributed by atoms with van der Waals surface area (Å²) < 4.78 is 5.41. The topological polar surface area (TPSA) is 126 Å². The lowest BCUT2D eigenvalue weighted by atomic mass is 9.95. The van der Waals surface area contributed by atoms with E-state index in [1.165, 1.54) is 23.3 Å². The third kappa shape index (κ3) is 4.29. The van der Waals surface area contributed by atoms with E-state index < -0.39 is 6.16 Å². The van der Waals surface area contributed by atoms with E-state index in [1.54, 1.807) is 11.3 Å². The van der Waals surface area contributed by atoms with Gasteiger partial charge >= 0.3 is 6.16 Å². The molecule has 1 fully saturated rings. The van der Waals surface area contributed by atoms with Crippen molar-refractivity contribution in [1.29, 1.82) is 0 Å². The van der Waals surface area contributed by atoms with Crippen molar-refractivity contribution in [2.24, 2.45) is 11.3 Å². The second-order valence-electron chi connectivity index (χ2n) is 7.58. The van der Waals surface area contributed by atoms with Crippen molar-refractivity contribution < 1.29 is 24.3 Å². The van der Waals surface area contributed by atoms with Crippen LogP contribution in [0.1, 0.15) is 49.4 Å². The molecule has 2 heterocycles. The van der Waals surface area contributed by atoms with Gasteiger partial charge in [0.05, 0.1) is 5.56 Å². The molecule has 0 spiro atoms. The van der Waals surface area contributed by atoms with Crippen molar-refractivity contribution in [2.75, 3.05) is 5.32 Å². The van der Waals surface area contributed by atoms with Gasteiger partial charge in [0.25, 0.3) is 5.89 Å². The first kappa shape index (κ1) is 19.3. The fourth-order valence-corrected chi connectivity index (χ4v) is 4.68. The summed E-state index contributed by atoms with van der Waals surface area (Å²) in [6.45, 7) is 6.09. The van der Waals surface area contributed by atoms with Crippen molar-refractivity contribution in [3.05, 3.63) is 16.3 Å². The second-order valence-corrected chi connectivity index (χ2v) is 8.68. The molecule has 146 valence electrons. The van der Waals surface area contributed by atoms with Crippen LogP contribution in [0, 0.1) is 18.3 Å². The minimum atomic E-state index is -1.83. The highest BCUT2D eigenvalue weighted by Crippen LogP contribution is 2.53. The van der Waals surface area contributed by atoms with E-state index in [-0.39, 0.29) is 17.2 Å². The molecule has 9 heteroatoms. The lowest BCUT2D eigenvalue weighted by Crippen LogP contribution is -2.16. The van der Waals surface area contributed by atoms with Gasteiger partial charge in [-0.25, -0.2) is 4.79 Å². The standard InChI is InChI=1S/C17H21N3O2S.CH2O3/c1-9-18-15(22-20-9)13-10-6-4-5-7-12(10)23-16(13)19-14(21)11-8-17(11,2)3;2-1(3)4/h11H,4-8H2,1-3H3,(H,19,21);(H2,2,3,4). The highest BCUT2D eigenvalue weighted by atomic mass is 32.1. The van der Waals surface area contributed by atoms with Gasteiger partial charge in [-0.05, 0) is 50.0 Å². The Hall–Kier alpha value is -2.42. The molecular formula is C18H23N3O5S. The molecule has 0 bridgehead atoms. The number of rotatable bonds is 3. The van der Waals surface area contributed by atoms with Crippen LogP contribution in [0.3, 0.4) is 0 Å². The van der Waals surface area contributed by atoms with Gasteiger partial charge in [0, 0.05) is 10.8 Å². The number of carbonyl (C=O) groups is 2. The first-order valence-electron chi connectivity index (χ1n) is 8.87. The van der Waals surface area contributed by atoms with Gasteiger partial charge in [-0.1, -0.05) is 19.0 Å². The second kappa shape index (κ2) is 7.30. The third-order valence-electron chi connectivity index (χ3n) is 4.98. The predicted octanol–water partition coefficient (Wildman–Crippen LogP) is 4.19. The predicted molar refractivity (Wildman–Crippen MR) is 100 cm³/mol. The van der Waals surface area contributed by atoms with Gasteiger partial charge in [0.1, 0.15) is 5.00 Å². The van der Waals surface area contributed by atoms with Gasteiger partial charge in [-0.2, -0.15) is 4.98 Å². The van der Waals surface area contributed by atoms with Crippen molar-refractivity contribution in [3.63, 3.8) is 0 Å². The van der Waals surface area contributed by atoms with Gasteiger partial charge in [0.2, 0.25) is 5.91 Å². The average molecular weight is 393 g/mol. The van der Waals surface area contributed by atoms with Crippen molar-refractivity contribution in [2.45, 2.75) is 52.9 Å². The van der Waals surface area contributed by atoms with Crippen LogP contribution in [0.5, 0.6) is 0 Å². The summed E-state index contributed by atoms with van der Waals surface area (Å²) in [5.41, 5.74) is 2.37. The summed E-state index contributed by atoms with van der Waals surface area (Å²) >= 11 is 1.68. The van der Waals surface area contributed by atoms with Crippen LogP contribution < -0.4 is 5.32 Å². The summed E-state index contributed by atoms with van der Waals surface area (Å²) in [5.74, 6) is 1.38. The number of fused-ring (bicyclic) bond motifs is 1. The number of amides is 1. The number of nitrogens with zero attached hydrogens (tertiary/aromatic N) is 2. The SMILES string of the molecule is Cc1noc(-c2c(NC(=O)C3CC3(C)C)sc3c2CCCC3)n1.O=C(O)O. The number of aryl methyl sites for hydroxylation is 2. The molecule has 0 saturated heterocycles. The van der Waals surface area contributed by atoms with Gasteiger partial charge in [-0.3, -0.25) is 4.79 Å². The molecule has 1 atom stereocenters. The quantitative estimate of drug-likeness (QED) is 0.713. The molecule has 2 aliphatic rings. The summed E-state index contributed by atoms with van der Waals surface area (Å²) in [7, 11) is 0. The van der Waals surface area contributed by atoms with Crippen molar-refractivity contribution in [1.82, 2.24) is 10.1 Å². The van der Waals surface area contributed by atoms with E-state index in [9.17, 15) is 4.79 Å². The lowest BCUT2D eigenvalue weighted by Gasteiger charge is -2.11. The molecule has 27 heavy (non-hydrogen) atoms. The average Bonchev–Trinajstić information content (AvgIpc) is 2.91. The fraction of sp³-hybridized carbons (Fsp3) is 0.556. The Morgan fingerprint density at radius 2 is 1.89 bits per heavy atom. The van der Waals surface area contributed by atoms with Crippen LogP contribution in [0.4, 0.5) is 9.80 Å². The fourth-order valence-electron chi connectivity index (χ4n) is 3.39. The smallest absolute Gasteiger partial charge is 0.450 e. The highest BCUT2D eigenvalue weighted by Gasteiger charge is 2.50. The van der Waals surface area contributed by atoms with Crippen molar-refractivity contribution >= 4 is 28.4 Å². The number of anilines is 1. The Morgan fingerprint density at radius 1 is 1.26 bits per heavy atom. The molecule has 2 aliphatic carbocycles. The zero-order valence-electron chi connectivity index (χ0n) is 15.5. The molecule has 0 radical (unpaired) electrons. The van der Waals surface area contributed by atoms with Crippen LogP contribution in [-0.4, -0.2) is 32.4 Å². The number of thiophene rings is 1. The number of carbonyl (C=O) groups excluding carboxylic acids is 1. The molecule has 1 saturated carbocycles. The number of nitrogens with one attached hydrogen (secondary N) is 1. The van der Waals surface area contributed by atoms with Crippen LogP contribution in [0.2, 0.25) is 0 Å². The maximum Gasteiger partial charge on any atom is 0.503 e. The molecule has 8 nitrogen and oxygen atoms in total. The Morgan fingerprint density at radius 3 is 2.44 bits per heavy atom. The summed E-state index contributed by atoms with van der Waals surface area (Å²) in [5, 5.41) is 21.9. The number of hydrogen-bond donors (Lipinski definition) is 3. The maximum atomic E-state index is 12.5. The summed E-state index contributed by atoms with van der Waals surface area (Å²) in [6.07, 6.45) is 3.60. The molecule has 3 N–H and O–H groups in total. The van der Waals surface area contributed by atoms with Crippen molar-refractivity contribution in [3.8, 4) is 11.5 Å². The molecule has 0 aromatic carbocycles. The van der Waals surface area contributed by atoms with E-state index in [1.807, 2.05) is 6.92 Å². The maximum absolute atomic E-state index is 12.5. The summed E-state index contributed by atoms with van der Waals surface area (Å²) in [6, 6.07) is 0. The van der Waals surface area contributed by atoms with Crippen LogP contribution in [-0.2, 0) is 17.6 Å². The van der Waals surface area contributed by atoms with E-state index >= 15 is 0 Å². The Balaban J connectivity index is 0.000000481. The van der Waals surface area contributed by atoms with Crippen LogP contribution in [0.25, 0.3) is 11.5 Å². The molecule has 0 aliphatic heterocycles. The molecule has 4 rings (SSSR count). The molecule has 1 amide bonds. The van der Waals surface area contributed by atoms with E-state index in [2.05, 4.69) is 29.3 Å². The Kier molecular flexibility index (Phi) is 5.23. The number of aromatic nitrogens is 2. The lowest BCUT2D eigenvalue weighted by molar-refractivity contribution is -0.117. The molecular weight excluding hydrogens is 370 g/mol. The van der Waals surface area contributed by atoms with E-state index in [4.69, 9.17) is 19.5 Å². The molecule has 2 aromatic heterocycles. The first-order valence-corrected chi connectivity index (χ1v) is 9.68. The monoisotopic (exact) mass is 393 g/mol. The minimum absolute atomic E-state index is 0.110. The molecule has 1 unspecified atom stereocenters. The number of hydrogen-bond acceptors (Lipinski definition) is 6. The normalized spacial score (nSPS) is 19.4. The zero-order chi connectivity index (χ0) is 19.8. The van der Waals surface area contributed by atoms with Crippen LogP contribution >= 0.6 is 11.3 Å². The van der Waals surface area contributed by atoms with Crippen LogP contribution in [0.15, 0.2) is 4.52 Å². The summed E-state index contributed by atoms with van der Waals surface area (Å²) in [4.78, 5) is 26.8.